The number of carbonyl (C=O) groups is 5. The minimum absolute atomic E-state index is 0.0419. The Labute approximate surface area is 446 Å². The van der Waals surface area contributed by atoms with Crippen molar-refractivity contribution in [3.05, 3.63) is 206 Å². The van der Waals surface area contributed by atoms with Crippen molar-refractivity contribution < 1.29 is 40.8 Å². The first-order valence-electron chi connectivity index (χ1n) is 21.8. The van der Waals surface area contributed by atoms with Crippen molar-refractivity contribution in [2.75, 3.05) is 24.4 Å². The SMILES string of the molecule is CN(CCC(C)(C)c1ccc(S(=O)(=O)N(C(=O)c2ccc(Cl)cc2)N(C(=O)c2ccc(Cl)cc2)C(=O)c2ccc(Cl)cc2)cc1)c1cccc2c(S(=O)(=O)N(NC(=O)c3ccc(Cl)cc3)C(=O)CCl)cccc12. The van der Waals surface area contributed by atoms with Crippen molar-refractivity contribution in [2.45, 2.75) is 35.5 Å². The second kappa shape index (κ2) is 22.3. The molecule has 21 heteroatoms. The highest BCUT2D eigenvalue weighted by atomic mass is 35.5. The molecule has 0 aliphatic rings. The van der Waals surface area contributed by atoms with E-state index in [9.17, 15) is 40.8 Å². The van der Waals surface area contributed by atoms with Gasteiger partial charge in [-0.15, -0.1) is 20.4 Å². The third-order valence-electron chi connectivity index (χ3n) is 11.7. The molecule has 7 aromatic carbocycles. The summed E-state index contributed by atoms with van der Waals surface area (Å²) in [6, 6.07) is 36.8. The summed E-state index contributed by atoms with van der Waals surface area (Å²) in [6.45, 7) is 4.26. The van der Waals surface area contributed by atoms with E-state index in [0.717, 1.165) is 0 Å². The lowest BCUT2D eigenvalue weighted by molar-refractivity contribution is -0.125. The highest BCUT2D eigenvalue weighted by Gasteiger charge is 2.43. The summed E-state index contributed by atoms with van der Waals surface area (Å²) in [5.74, 6) is -6.30. The van der Waals surface area contributed by atoms with Crippen molar-refractivity contribution >= 4 is 124 Å². The van der Waals surface area contributed by atoms with Gasteiger partial charge >= 0.3 is 0 Å². The van der Waals surface area contributed by atoms with Crippen LogP contribution in [-0.2, 0) is 30.3 Å². The highest BCUT2D eigenvalue weighted by Crippen LogP contribution is 2.35. The number of benzene rings is 7. The van der Waals surface area contributed by atoms with Gasteiger partial charge in [-0.2, -0.15) is 21.8 Å². The second-order valence-electron chi connectivity index (χ2n) is 16.9. The lowest BCUT2D eigenvalue weighted by Gasteiger charge is -2.33. The van der Waals surface area contributed by atoms with Crippen molar-refractivity contribution in [1.82, 2.24) is 19.3 Å². The molecule has 0 radical (unpaired) electrons. The third kappa shape index (κ3) is 11.8. The van der Waals surface area contributed by atoms with Crippen molar-refractivity contribution in [1.29, 1.82) is 0 Å². The van der Waals surface area contributed by atoms with E-state index < -0.39 is 65.8 Å². The van der Waals surface area contributed by atoms with Crippen LogP contribution in [0.15, 0.2) is 168 Å². The van der Waals surface area contributed by atoms with E-state index in [4.69, 9.17) is 58.0 Å². The molecule has 7 aromatic rings. The molecule has 0 aliphatic heterocycles. The number of imide groups is 1. The number of hydrogen-bond acceptors (Lipinski definition) is 10. The fourth-order valence-electron chi connectivity index (χ4n) is 7.58. The maximum absolute atomic E-state index is 15.0. The molecule has 0 aliphatic carbocycles. The molecule has 14 nitrogen and oxygen atoms in total. The Morgan fingerprint density at radius 2 is 0.973 bits per heavy atom. The molecule has 7 rings (SSSR count). The number of fused-ring (bicyclic) bond motifs is 1. The topological polar surface area (TPSA) is 179 Å². The summed E-state index contributed by atoms with van der Waals surface area (Å²) >= 11 is 30.1. The minimum Gasteiger partial charge on any atom is -0.374 e. The van der Waals surface area contributed by atoms with Gasteiger partial charge in [-0.05, 0) is 139 Å². The van der Waals surface area contributed by atoms with E-state index in [1.807, 2.05) is 25.8 Å². The number of sulfonamides is 2. The number of halogens is 5. The zero-order valence-electron chi connectivity index (χ0n) is 38.8. The largest absolute Gasteiger partial charge is 0.374 e. The fraction of sp³-hybridized carbons (Fsp3) is 0.135. The van der Waals surface area contributed by atoms with E-state index in [-0.39, 0.29) is 61.4 Å². The van der Waals surface area contributed by atoms with Gasteiger partial charge in [-0.1, -0.05) is 96.6 Å². The number of hydrazine groups is 2. The molecule has 0 saturated heterocycles. The Bertz CT molecular complexity index is 3420. The average Bonchev–Trinajstić information content (AvgIpc) is 3.38. The first kappa shape index (κ1) is 54.3. The van der Waals surface area contributed by atoms with Crippen molar-refractivity contribution in [3.8, 4) is 0 Å². The van der Waals surface area contributed by atoms with Crippen LogP contribution < -0.4 is 10.3 Å². The summed E-state index contributed by atoms with van der Waals surface area (Å²) in [7, 11) is -8.02. The van der Waals surface area contributed by atoms with Crippen LogP contribution in [0.5, 0.6) is 0 Å². The number of alkyl halides is 1. The molecule has 1 N–H and O–H groups in total. The van der Waals surface area contributed by atoms with Gasteiger partial charge in [0.2, 0.25) is 0 Å². The summed E-state index contributed by atoms with van der Waals surface area (Å²) < 4.78 is 58.7. The summed E-state index contributed by atoms with van der Waals surface area (Å²) in [5.41, 5.74) is 2.35. The first-order chi connectivity index (χ1) is 34.5. The lowest BCUT2D eigenvalue weighted by Crippen LogP contribution is -2.55. The zero-order valence-corrected chi connectivity index (χ0v) is 44.2. The maximum Gasteiger partial charge on any atom is 0.287 e. The lowest BCUT2D eigenvalue weighted by atomic mass is 9.81. The summed E-state index contributed by atoms with van der Waals surface area (Å²) in [6.07, 6.45) is 0.457. The van der Waals surface area contributed by atoms with Crippen LogP contribution in [0.4, 0.5) is 5.69 Å². The molecule has 0 fully saturated rings. The number of anilines is 1. The van der Waals surface area contributed by atoms with Crippen LogP contribution in [0.3, 0.4) is 0 Å². The fourth-order valence-corrected chi connectivity index (χ4v) is 11.1. The Morgan fingerprint density at radius 1 is 0.534 bits per heavy atom. The molecule has 5 amide bonds. The number of nitrogens with zero attached hydrogens (tertiary/aromatic N) is 4. The van der Waals surface area contributed by atoms with Gasteiger partial charge < -0.3 is 4.90 Å². The summed E-state index contributed by atoms with van der Waals surface area (Å²) in [5, 5.41) is 2.13. The van der Waals surface area contributed by atoms with Crippen molar-refractivity contribution in [2.24, 2.45) is 0 Å². The average molecular weight is 1120 g/mol. The van der Waals surface area contributed by atoms with Crippen LogP contribution in [0.25, 0.3) is 10.8 Å². The smallest absolute Gasteiger partial charge is 0.287 e. The van der Waals surface area contributed by atoms with Crippen LogP contribution >= 0.6 is 58.0 Å². The van der Waals surface area contributed by atoms with Crippen LogP contribution in [0.1, 0.15) is 67.3 Å². The van der Waals surface area contributed by atoms with Crippen LogP contribution in [-0.4, -0.2) is 79.7 Å². The maximum atomic E-state index is 15.0. The van der Waals surface area contributed by atoms with Gasteiger partial charge in [-0.3, -0.25) is 24.0 Å². The Kier molecular flexibility index (Phi) is 16.6. The predicted molar refractivity (Wildman–Crippen MR) is 283 cm³/mol. The van der Waals surface area contributed by atoms with Gasteiger partial charge in [0, 0.05) is 72.4 Å². The molecule has 0 saturated carbocycles. The van der Waals surface area contributed by atoms with Gasteiger partial charge in [0.05, 0.1) is 9.79 Å². The normalized spacial score (nSPS) is 11.7. The van der Waals surface area contributed by atoms with E-state index >= 15 is 0 Å². The van der Waals surface area contributed by atoms with Gasteiger partial charge in [-0.25, -0.2) is 5.43 Å². The molecule has 0 atom stereocenters. The molecular formula is C52H42Cl5N5O9S2. The first-order valence-corrected chi connectivity index (χ1v) is 26.8. The highest BCUT2D eigenvalue weighted by molar-refractivity contribution is 7.90. The molecule has 376 valence electrons. The molecular weight excluding hydrogens is 1080 g/mol. The van der Waals surface area contributed by atoms with E-state index in [0.29, 0.717) is 34.6 Å². The number of hydrogen-bond donors (Lipinski definition) is 1. The van der Waals surface area contributed by atoms with Crippen LogP contribution in [0.2, 0.25) is 20.1 Å². The van der Waals surface area contributed by atoms with E-state index in [1.54, 1.807) is 36.4 Å². The molecule has 0 aromatic heterocycles. The van der Waals surface area contributed by atoms with Gasteiger partial charge in [0.15, 0.2) is 0 Å². The second-order valence-corrected chi connectivity index (χ2v) is 22.5. The third-order valence-corrected chi connectivity index (χ3v) is 16.3. The molecule has 0 spiro atoms. The van der Waals surface area contributed by atoms with E-state index in [1.165, 1.54) is 121 Å². The Balaban J connectivity index is 1.18. The van der Waals surface area contributed by atoms with Gasteiger partial charge in [0.1, 0.15) is 5.88 Å². The Morgan fingerprint density at radius 3 is 1.45 bits per heavy atom. The molecule has 0 heterocycles. The Hall–Kier alpha value is -6.50. The number of carbonyl (C=O) groups excluding carboxylic acids is 5. The molecule has 0 bridgehead atoms. The summed E-state index contributed by atoms with van der Waals surface area (Å²) in [4.78, 5) is 70.8. The minimum atomic E-state index is -5.09. The van der Waals surface area contributed by atoms with Gasteiger partial charge in [0.25, 0.3) is 49.6 Å². The standard InChI is InChI=1S/C52H42Cl5N5O9S2/c1-52(2,30-31-59(3)45-8-4-7-44-43(45)6-5-9-46(44)73(70,71)61(47(63)32-53)58-48(64)33-10-20-38(54)21-11-33)37-18-28-42(29-19-37)72(68,69)62(51(67)36-16-26-41(57)27-17-36)60(49(65)34-12-22-39(55)23-13-34)50(66)35-14-24-40(56)25-15-35/h4-29H,30-32H2,1-3H3,(H,58,64). The number of amides is 5. The zero-order chi connectivity index (χ0) is 53.0. The quantitative estimate of drug-likeness (QED) is 0.0626. The van der Waals surface area contributed by atoms with Crippen molar-refractivity contribution in [3.63, 3.8) is 0 Å². The predicted octanol–water partition coefficient (Wildman–Crippen LogP) is 11.1. The van der Waals surface area contributed by atoms with Crippen LogP contribution in [0, 0.1) is 0 Å². The molecule has 0 unspecified atom stereocenters. The number of rotatable bonds is 14. The number of nitrogens with one attached hydrogen (secondary N) is 1. The monoisotopic (exact) mass is 1120 g/mol. The molecule has 73 heavy (non-hydrogen) atoms. The van der Waals surface area contributed by atoms with E-state index in [2.05, 4.69) is 5.43 Å².